The van der Waals surface area contributed by atoms with Crippen LogP contribution in [-0.4, -0.2) is 12.4 Å². The minimum atomic E-state index is 0.375. The summed E-state index contributed by atoms with van der Waals surface area (Å²) in [5, 5.41) is 1.63. The van der Waals surface area contributed by atoms with Crippen molar-refractivity contribution in [1.82, 2.24) is 0 Å². The molecule has 0 bridgehead atoms. The van der Waals surface area contributed by atoms with E-state index in [4.69, 9.17) is 16.3 Å². The van der Waals surface area contributed by atoms with E-state index in [1.165, 1.54) is 5.56 Å². The van der Waals surface area contributed by atoms with Crippen LogP contribution in [0, 0.1) is 0 Å². The Labute approximate surface area is 141 Å². The molecular formula is C16H15Br2ClO. The number of alkyl halides is 1. The molecule has 1 nitrogen and oxygen atoms in total. The fourth-order valence-corrected chi connectivity index (χ4v) is 3.41. The van der Waals surface area contributed by atoms with Crippen molar-refractivity contribution in [2.75, 3.05) is 12.4 Å². The van der Waals surface area contributed by atoms with Crippen LogP contribution in [0.4, 0.5) is 0 Å². The van der Waals surface area contributed by atoms with Crippen LogP contribution in [0.2, 0.25) is 5.02 Å². The van der Waals surface area contributed by atoms with Crippen molar-refractivity contribution < 1.29 is 4.74 Å². The third-order valence-corrected chi connectivity index (χ3v) is 4.73. The average Bonchev–Trinajstić information content (AvgIpc) is 2.45. The van der Waals surface area contributed by atoms with Crippen molar-refractivity contribution in [3.63, 3.8) is 0 Å². The Morgan fingerprint density at radius 3 is 2.65 bits per heavy atom. The summed E-state index contributed by atoms with van der Waals surface area (Å²) in [6, 6.07) is 14.2. The van der Waals surface area contributed by atoms with Crippen LogP contribution >= 0.6 is 43.5 Å². The largest absolute Gasteiger partial charge is 0.496 e. The smallest absolute Gasteiger partial charge is 0.122 e. The maximum atomic E-state index is 6.10. The Morgan fingerprint density at radius 1 is 1.20 bits per heavy atom. The monoisotopic (exact) mass is 416 g/mol. The lowest BCUT2D eigenvalue weighted by molar-refractivity contribution is 0.408. The molecule has 20 heavy (non-hydrogen) atoms. The Balaban J connectivity index is 2.28. The van der Waals surface area contributed by atoms with E-state index in [2.05, 4.69) is 50.1 Å². The van der Waals surface area contributed by atoms with Crippen molar-refractivity contribution in [2.24, 2.45) is 0 Å². The molecule has 0 saturated carbocycles. The van der Waals surface area contributed by atoms with E-state index in [1.54, 1.807) is 7.11 Å². The lowest BCUT2D eigenvalue weighted by Crippen LogP contribution is -2.06. The number of halogens is 3. The normalized spacial score (nSPS) is 12.2. The molecule has 0 aliphatic carbocycles. The third kappa shape index (κ3) is 4.00. The molecule has 0 saturated heterocycles. The van der Waals surface area contributed by atoms with Crippen molar-refractivity contribution in [3.8, 4) is 5.75 Å². The highest BCUT2D eigenvalue weighted by atomic mass is 79.9. The van der Waals surface area contributed by atoms with Crippen LogP contribution in [0.1, 0.15) is 17.0 Å². The SMILES string of the molecule is COc1ccc(Cl)cc1CC(CBr)c1cccc(Br)c1. The molecular weight excluding hydrogens is 403 g/mol. The van der Waals surface area contributed by atoms with E-state index >= 15 is 0 Å². The van der Waals surface area contributed by atoms with Gasteiger partial charge in [-0.1, -0.05) is 55.6 Å². The molecule has 0 heterocycles. The fraction of sp³-hybridized carbons (Fsp3) is 0.250. The highest BCUT2D eigenvalue weighted by Gasteiger charge is 2.14. The van der Waals surface area contributed by atoms with Crippen LogP contribution in [0.5, 0.6) is 5.75 Å². The van der Waals surface area contributed by atoms with Crippen molar-refractivity contribution in [1.29, 1.82) is 0 Å². The van der Waals surface area contributed by atoms with E-state index < -0.39 is 0 Å². The van der Waals surface area contributed by atoms with E-state index in [0.29, 0.717) is 5.92 Å². The summed E-state index contributed by atoms with van der Waals surface area (Å²) in [6.45, 7) is 0. The molecule has 106 valence electrons. The molecule has 0 aliphatic heterocycles. The van der Waals surface area contributed by atoms with Crippen LogP contribution in [0.15, 0.2) is 46.9 Å². The van der Waals surface area contributed by atoms with Gasteiger partial charge in [0.1, 0.15) is 5.75 Å². The predicted octanol–water partition coefficient (Wildman–Crippen LogP) is 5.83. The fourth-order valence-electron chi connectivity index (χ4n) is 2.19. The molecule has 0 radical (unpaired) electrons. The molecule has 2 rings (SSSR count). The van der Waals surface area contributed by atoms with Crippen LogP contribution in [0.25, 0.3) is 0 Å². The first-order valence-corrected chi connectivity index (χ1v) is 8.57. The second-order valence-corrected chi connectivity index (χ2v) is 6.57. The van der Waals surface area contributed by atoms with Crippen molar-refractivity contribution in [2.45, 2.75) is 12.3 Å². The Bertz CT molecular complexity index is 586. The minimum Gasteiger partial charge on any atom is -0.496 e. The van der Waals surface area contributed by atoms with Gasteiger partial charge < -0.3 is 4.74 Å². The van der Waals surface area contributed by atoms with Crippen molar-refractivity contribution in [3.05, 3.63) is 63.1 Å². The van der Waals surface area contributed by atoms with Gasteiger partial charge in [-0.3, -0.25) is 0 Å². The Morgan fingerprint density at radius 2 is 2.00 bits per heavy atom. The molecule has 2 aromatic rings. The highest BCUT2D eigenvalue weighted by molar-refractivity contribution is 9.10. The molecule has 0 spiro atoms. The average molecular weight is 419 g/mol. The van der Waals surface area contributed by atoms with Crippen LogP contribution in [-0.2, 0) is 6.42 Å². The molecule has 4 heteroatoms. The van der Waals surface area contributed by atoms with E-state index in [-0.39, 0.29) is 0 Å². The summed E-state index contributed by atoms with van der Waals surface area (Å²) in [4.78, 5) is 0. The maximum absolute atomic E-state index is 6.10. The quantitative estimate of drug-likeness (QED) is 0.555. The summed E-state index contributed by atoms with van der Waals surface area (Å²) in [6.07, 6.45) is 0.880. The summed E-state index contributed by atoms with van der Waals surface area (Å²) in [5.74, 6) is 1.26. The van der Waals surface area contributed by atoms with E-state index in [9.17, 15) is 0 Å². The summed E-state index contributed by atoms with van der Waals surface area (Å²) in [5.41, 5.74) is 2.42. The summed E-state index contributed by atoms with van der Waals surface area (Å²) < 4.78 is 6.52. The van der Waals surface area contributed by atoms with Gasteiger partial charge in [-0.25, -0.2) is 0 Å². The van der Waals surface area contributed by atoms with Gasteiger partial charge in [0.05, 0.1) is 7.11 Å². The van der Waals surface area contributed by atoms with Gasteiger partial charge in [0.25, 0.3) is 0 Å². The Kier molecular flexibility index (Phi) is 5.94. The predicted molar refractivity (Wildman–Crippen MR) is 92.4 cm³/mol. The first kappa shape index (κ1) is 15.9. The number of rotatable bonds is 5. The number of hydrogen-bond acceptors (Lipinski definition) is 1. The standard InChI is InChI=1S/C16H15Br2ClO/c1-20-16-6-5-15(19)9-12(16)7-13(10-17)11-3-2-4-14(18)8-11/h2-6,8-9,13H,7,10H2,1H3. The zero-order chi connectivity index (χ0) is 14.5. The van der Waals surface area contributed by atoms with Crippen LogP contribution < -0.4 is 4.74 Å². The van der Waals surface area contributed by atoms with Crippen molar-refractivity contribution >= 4 is 43.5 Å². The van der Waals surface area contributed by atoms with Gasteiger partial charge in [0, 0.05) is 14.8 Å². The lowest BCUT2D eigenvalue weighted by Gasteiger charge is -2.17. The van der Waals surface area contributed by atoms with Gasteiger partial charge in [-0.15, -0.1) is 0 Å². The maximum Gasteiger partial charge on any atom is 0.122 e. The lowest BCUT2D eigenvalue weighted by atomic mass is 9.93. The highest BCUT2D eigenvalue weighted by Crippen LogP contribution is 2.30. The zero-order valence-electron chi connectivity index (χ0n) is 11.1. The Hall–Kier alpha value is -0.510. The zero-order valence-corrected chi connectivity index (χ0v) is 15.0. The van der Waals surface area contributed by atoms with Gasteiger partial charge in [-0.2, -0.15) is 0 Å². The second kappa shape index (κ2) is 7.48. The van der Waals surface area contributed by atoms with Gasteiger partial charge in [-0.05, 0) is 53.8 Å². The molecule has 0 N–H and O–H groups in total. The second-order valence-electron chi connectivity index (χ2n) is 4.57. The third-order valence-electron chi connectivity index (χ3n) is 3.22. The topological polar surface area (TPSA) is 9.23 Å². The molecule has 1 unspecified atom stereocenters. The molecule has 1 atom stereocenters. The summed E-state index contributed by atoms with van der Waals surface area (Å²) >= 11 is 13.2. The first-order chi connectivity index (χ1) is 9.63. The first-order valence-electron chi connectivity index (χ1n) is 6.28. The molecule has 2 aromatic carbocycles. The number of methoxy groups -OCH3 is 1. The van der Waals surface area contributed by atoms with Gasteiger partial charge >= 0.3 is 0 Å². The number of hydrogen-bond donors (Lipinski definition) is 0. The summed E-state index contributed by atoms with van der Waals surface area (Å²) in [7, 11) is 1.69. The van der Waals surface area contributed by atoms with Crippen LogP contribution in [0.3, 0.4) is 0 Å². The molecule has 0 fully saturated rings. The van der Waals surface area contributed by atoms with E-state index in [1.807, 2.05) is 24.3 Å². The van der Waals surface area contributed by atoms with Gasteiger partial charge in [0.15, 0.2) is 0 Å². The molecule has 0 aliphatic rings. The minimum absolute atomic E-state index is 0.375. The molecule has 0 amide bonds. The van der Waals surface area contributed by atoms with Gasteiger partial charge in [0.2, 0.25) is 0 Å². The number of benzene rings is 2. The van der Waals surface area contributed by atoms with E-state index in [0.717, 1.165) is 32.6 Å². The molecule has 0 aromatic heterocycles. The number of ether oxygens (including phenoxy) is 1.